The summed E-state index contributed by atoms with van der Waals surface area (Å²) in [6, 6.07) is 11.8. The zero-order chi connectivity index (χ0) is 21.3. The number of aromatic nitrogens is 3. The van der Waals surface area contributed by atoms with Crippen LogP contribution in [0.5, 0.6) is 11.6 Å². The number of nitrogens with two attached hydrogens (primary N) is 1. The summed E-state index contributed by atoms with van der Waals surface area (Å²) >= 11 is 0. The van der Waals surface area contributed by atoms with E-state index in [0.717, 1.165) is 29.7 Å². The van der Waals surface area contributed by atoms with Crippen LogP contribution in [-0.2, 0) is 18.3 Å². The molecule has 0 spiro atoms. The zero-order valence-corrected chi connectivity index (χ0v) is 16.4. The number of aryl methyl sites for hydroxylation is 1. The third-order valence-corrected chi connectivity index (χ3v) is 5.05. The number of carboxylic acids is 1. The lowest BCUT2D eigenvalue weighted by molar-refractivity contribution is -0.138. The second-order valence-electron chi connectivity index (χ2n) is 7.43. The number of rotatable bonds is 7. The van der Waals surface area contributed by atoms with Gasteiger partial charge in [0.1, 0.15) is 11.8 Å². The van der Waals surface area contributed by atoms with Crippen molar-refractivity contribution in [2.75, 3.05) is 0 Å². The average molecular weight is 403 g/mol. The molecular formula is C22H21N5O3. The van der Waals surface area contributed by atoms with Gasteiger partial charge in [0.05, 0.1) is 23.0 Å². The maximum atomic E-state index is 11.0. The van der Waals surface area contributed by atoms with E-state index in [1.54, 1.807) is 41.2 Å². The van der Waals surface area contributed by atoms with Gasteiger partial charge in [0.15, 0.2) is 0 Å². The molecule has 152 valence electrons. The fourth-order valence-electron chi connectivity index (χ4n) is 3.19. The van der Waals surface area contributed by atoms with Gasteiger partial charge >= 0.3 is 5.97 Å². The van der Waals surface area contributed by atoms with E-state index in [-0.39, 0.29) is 6.42 Å². The summed E-state index contributed by atoms with van der Waals surface area (Å²) in [6.07, 6.45) is 4.09. The summed E-state index contributed by atoms with van der Waals surface area (Å²) in [5.41, 5.74) is 9.18. The Morgan fingerprint density at radius 1 is 1.37 bits per heavy atom. The number of nitrogens with zero attached hydrogens (tertiary/aromatic N) is 4. The number of carbonyl (C=O) groups is 1. The molecular weight excluding hydrogens is 382 g/mol. The molecule has 2 heterocycles. The fourth-order valence-corrected chi connectivity index (χ4v) is 3.19. The van der Waals surface area contributed by atoms with Gasteiger partial charge in [-0.3, -0.25) is 9.78 Å². The minimum atomic E-state index is -1.05. The zero-order valence-electron chi connectivity index (χ0n) is 16.4. The number of aliphatic carboxylic acids is 1. The third-order valence-electron chi connectivity index (χ3n) is 5.05. The first-order valence-electron chi connectivity index (χ1n) is 9.64. The summed E-state index contributed by atoms with van der Waals surface area (Å²) in [6.45, 7) is 0. The van der Waals surface area contributed by atoms with E-state index in [9.17, 15) is 10.1 Å². The molecule has 0 radical (unpaired) electrons. The number of pyridine rings is 1. The number of carboxylic acid groups (broad SMARTS) is 1. The Balaban J connectivity index is 1.63. The molecule has 8 nitrogen and oxygen atoms in total. The highest BCUT2D eigenvalue weighted by Crippen LogP contribution is 2.41. The maximum Gasteiger partial charge on any atom is 0.320 e. The molecule has 1 atom stereocenters. The second-order valence-corrected chi connectivity index (χ2v) is 7.43. The Labute approximate surface area is 173 Å². The fraction of sp³-hybridized carbons (Fsp3) is 0.273. The predicted molar refractivity (Wildman–Crippen MR) is 109 cm³/mol. The van der Waals surface area contributed by atoms with Crippen LogP contribution in [-0.4, -0.2) is 31.9 Å². The van der Waals surface area contributed by atoms with Crippen LogP contribution in [0, 0.1) is 11.3 Å². The highest BCUT2D eigenvalue weighted by atomic mass is 16.5. The highest BCUT2D eigenvalue weighted by molar-refractivity contribution is 5.73. The molecule has 8 heteroatoms. The van der Waals surface area contributed by atoms with Crippen molar-refractivity contribution in [2.24, 2.45) is 12.8 Å². The molecule has 1 aromatic carbocycles. The van der Waals surface area contributed by atoms with Crippen LogP contribution in [0.15, 0.2) is 42.6 Å². The Morgan fingerprint density at radius 3 is 2.80 bits per heavy atom. The van der Waals surface area contributed by atoms with Crippen molar-refractivity contribution in [1.29, 1.82) is 5.26 Å². The van der Waals surface area contributed by atoms with Gasteiger partial charge in [-0.2, -0.15) is 10.4 Å². The maximum absolute atomic E-state index is 11.0. The van der Waals surface area contributed by atoms with Gasteiger partial charge in [0.25, 0.3) is 0 Å². The molecule has 3 aromatic rings. The lowest BCUT2D eigenvalue weighted by Crippen LogP contribution is -2.32. The van der Waals surface area contributed by atoms with Gasteiger partial charge in [0.2, 0.25) is 5.88 Å². The van der Waals surface area contributed by atoms with E-state index in [2.05, 4.69) is 16.2 Å². The topological polar surface area (TPSA) is 127 Å². The molecule has 4 rings (SSSR count). The predicted octanol–water partition coefficient (Wildman–Crippen LogP) is 2.98. The van der Waals surface area contributed by atoms with E-state index in [0.29, 0.717) is 28.8 Å². The van der Waals surface area contributed by atoms with Crippen molar-refractivity contribution in [3.63, 3.8) is 0 Å². The summed E-state index contributed by atoms with van der Waals surface area (Å²) in [5.74, 6) is 0.549. The van der Waals surface area contributed by atoms with Gasteiger partial charge in [0, 0.05) is 30.8 Å². The van der Waals surface area contributed by atoms with Crippen LogP contribution in [0.1, 0.15) is 35.6 Å². The summed E-state index contributed by atoms with van der Waals surface area (Å²) in [5, 5.41) is 22.8. The standard InChI is InChI=1S/C22H21N5O3/c1-27-21(10-19(26-27)15-4-5-15)30-20-9-13(11-23)2-6-16(20)18-7-3-14(12-25-18)8-17(24)22(28)29/h2-3,6-7,9-10,12,15,17H,4-5,8,24H2,1H3,(H,28,29)/t17-/m1/s1. The largest absolute Gasteiger partial charge is 0.480 e. The van der Waals surface area contributed by atoms with E-state index < -0.39 is 12.0 Å². The van der Waals surface area contributed by atoms with Crippen LogP contribution in [0.4, 0.5) is 0 Å². The van der Waals surface area contributed by atoms with E-state index in [1.165, 1.54) is 0 Å². The highest BCUT2D eigenvalue weighted by Gasteiger charge is 2.27. The van der Waals surface area contributed by atoms with Gasteiger partial charge in [-0.1, -0.05) is 6.07 Å². The van der Waals surface area contributed by atoms with Crippen LogP contribution in [0.2, 0.25) is 0 Å². The monoisotopic (exact) mass is 403 g/mol. The minimum absolute atomic E-state index is 0.193. The second kappa shape index (κ2) is 7.97. The molecule has 1 aliphatic carbocycles. The quantitative estimate of drug-likeness (QED) is 0.621. The van der Waals surface area contributed by atoms with E-state index >= 15 is 0 Å². The van der Waals surface area contributed by atoms with Crippen molar-refractivity contribution in [3.05, 3.63) is 59.4 Å². The first-order chi connectivity index (χ1) is 14.4. The van der Waals surface area contributed by atoms with Crippen LogP contribution in [0.25, 0.3) is 11.3 Å². The average Bonchev–Trinajstić information content (AvgIpc) is 3.53. The van der Waals surface area contributed by atoms with Gasteiger partial charge in [-0.15, -0.1) is 0 Å². The number of ether oxygens (including phenoxy) is 1. The molecule has 0 saturated heterocycles. The van der Waals surface area contributed by atoms with Crippen molar-refractivity contribution in [1.82, 2.24) is 14.8 Å². The van der Waals surface area contributed by atoms with Crippen LogP contribution < -0.4 is 10.5 Å². The van der Waals surface area contributed by atoms with E-state index in [1.807, 2.05) is 13.1 Å². The van der Waals surface area contributed by atoms with Gasteiger partial charge in [-0.25, -0.2) is 4.68 Å². The summed E-state index contributed by atoms with van der Waals surface area (Å²) in [7, 11) is 1.83. The van der Waals surface area contributed by atoms with Crippen molar-refractivity contribution in [3.8, 4) is 29.0 Å². The lowest BCUT2D eigenvalue weighted by atomic mass is 10.0. The Morgan fingerprint density at radius 2 is 2.17 bits per heavy atom. The molecule has 1 fully saturated rings. The normalized spacial score (nSPS) is 14.2. The summed E-state index contributed by atoms with van der Waals surface area (Å²) in [4.78, 5) is 15.4. The molecule has 2 aromatic heterocycles. The number of nitriles is 1. The molecule has 0 amide bonds. The van der Waals surface area contributed by atoms with Crippen molar-refractivity contribution >= 4 is 5.97 Å². The summed E-state index contributed by atoms with van der Waals surface area (Å²) < 4.78 is 7.83. The number of benzene rings is 1. The Kier molecular flexibility index (Phi) is 5.21. The van der Waals surface area contributed by atoms with Gasteiger partial charge < -0.3 is 15.6 Å². The van der Waals surface area contributed by atoms with Crippen molar-refractivity contribution < 1.29 is 14.6 Å². The Bertz CT molecular complexity index is 1130. The first-order valence-corrected chi connectivity index (χ1v) is 9.64. The molecule has 1 aliphatic rings. The number of hydrogen-bond donors (Lipinski definition) is 2. The van der Waals surface area contributed by atoms with E-state index in [4.69, 9.17) is 15.6 Å². The molecule has 0 unspecified atom stereocenters. The first kappa shape index (κ1) is 19.6. The lowest BCUT2D eigenvalue weighted by Gasteiger charge is -2.12. The smallest absolute Gasteiger partial charge is 0.320 e. The Hall–Kier alpha value is -3.70. The molecule has 1 saturated carbocycles. The number of hydrogen-bond acceptors (Lipinski definition) is 6. The van der Waals surface area contributed by atoms with Gasteiger partial charge in [-0.05, 0) is 49.1 Å². The minimum Gasteiger partial charge on any atom is -0.480 e. The molecule has 30 heavy (non-hydrogen) atoms. The molecule has 0 aliphatic heterocycles. The SMILES string of the molecule is Cn1nc(C2CC2)cc1Oc1cc(C#N)ccc1-c1ccc(C[C@@H](N)C(=O)O)cn1. The van der Waals surface area contributed by atoms with Crippen LogP contribution in [0.3, 0.4) is 0 Å². The van der Waals surface area contributed by atoms with Crippen molar-refractivity contribution in [2.45, 2.75) is 31.2 Å². The molecule has 0 bridgehead atoms. The third kappa shape index (κ3) is 4.16. The van der Waals surface area contributed by atoms with Crippen LogP contribution >= 0.6 is 0 Å². The molecule has 3 N–H and O–H groups in total.